The van der Waals surface area contributed by atoms with Gasteiger partial charge in [-0.2, -0.15) is 10.1 Å². The summed E-state index contributed by atoms with van der Waals surface area (Å²) in [6.45, 7) is 6.07. The van der Waals surface area contributed by atoms with E-state index in [1.807, 2.05) is 24.3 Å². The van der Waals surface area contributed by atoms with Gasteiger partial charge in [0.1, 0.15) is 10.7 Å². The van der Waals surface area contributed by atoms with E-state index in [1.54, 1.807) is 6.08 Å². The molecule has 0 unspecified atom stereocenters. The van der Waals surface area contributed by atoms with Gasteiger partial charge in [0.25, 0.3) is 5.91 Å². The van der Waals surface area contributed by atoms with E-state index in [2.05, 4.69) is 23.8 Å². The molecule has 31 heavy (non-hydrogen) atoms. The average molecular weight is 457 g/mol. The number of benzene rings is 1. The van der Waals surface area contributed by atoms with E-state index in [0.717, 1.165) is 29.3 Å². The average Bonchev–Trinajstić information content (AvgIpc) is 3.33. The number of nitrogens with zero attached hydrogens (tertiary/aromatic N) is 4. The van der Waals surface area contributed by atoms with Crippen LogP contribution in [-0.4, -0.2) is 39.5 Å². The zero-order valence-electron chi connectivity index (χ0n) is 16.9. The maximum atomic E-state index is 12.6. The number of thioether (sulfide) groups is 1. The minimum absolute atomic E-state index is 0.302. The van der Waals surface area contributed by atoms with Crippen LogP contribution in [0.25, 0.3) is 12.2 Å². The Morgan fingerprint density at radius 2 is 1.94 bits per heavy atom. The van der Waals surface area contributed by atoms with Crippen molar-refractivity contribution in [3.8, 4) is 0 Å². The number of hydrazone groups is 1. The molecule has 1 saturated heterocycles. The van der Waals surface area contributed by atoms with E-state index in [1.165, 1.54) is 42.3 Å². The first kappa shape index (κ1) is 22.4. The molecule has 8 nitrogen and oxygen atoms in total. The summed E-state index contributed by atoms with van der Waals surface area (Å²) in [5, 5.41) is 15.8. The number of carbonyl (C=O) groups excluding carboxylic acids is 1. The Labute approximate surface area is 189 Å². The molecule has 0 aliphatic carbocycles. The Hall–Kier alpha value is -3.24. The molecule has 0 N–H and O–H groups in total. The maximum Gasteiger partial charge on any atom is 0.433 e. The largest absolute Gasteiger partial charge is 0.433 e. The SMILES string of the molecule is CCN(CC)c1ccc(/C=C2/SC(=S)N(/N=C/C=C/c3ccc([N+](=O)[O-])o3)C2=O)cc1. The lowest BCUT2D eigenvalue weighted by atomic mass is 10.1. The van der Waals surface area contributed by atoms with Gasteiger partial charge < -0.3 is 9.32 Å². The molecular formula is C21H20N4O4S2. The molecule has 1 aromatic heterocycles. The molecule has 1 aliphatic heterocycles. The third-order valence-corrected chi connectivity index (χ3v) is 5.70. The number of furan rings is 1. The third kappa shape index (κ3) is 5.47. The Morgan fingerprint density at radius 3 is 2.55 bits per heavy atom. The number of thiocarbonyl (C=S) groups is 1. The zero-order valence-corrected chi connectivity index (χ0v) is 18.6. The Bertz CT molecular complexity index is 1070. The van der Waals surface area contributed by atoms with Gasteiger partial charge >= 0.3 is 5.88 Å². The first-order valence-corrected chi connectivity index (χ1v) is 10.7. The number of allylic oxidation sites excluding steroid dienone is 1. The summed E-state index contributed by atoms with van der Waals surface area (Å²) < 4.78 is 5.34. The summed E-state index contributed by atoms with van der Waals surface area (Å²) in [6.07, 6.45) is 6.18. The number of carbonyl (C=O) groups is 1. The van der Waals surface area contributed by atoms with E-state index in [4.69, 9.17) is 16.6 Å². The fraction of sp³-hybridized carbons (Fsp3) is 0.190. The standard InChI is InChI=1S/C21H20N4O4S2/c1-3-23(4-2)16-9-7-15(8-10-16)14-18-20(26)24(21(30)31-18)22-13-5-6-17-11-12-19(29-17)25(27)28/h5-14H,3-4H2,1-2H3/b6-5+,18-14+,22-13+. The molecule has 1 aromatic carbocycles. The Morgan fingerprint density at radius 1 is 1.23 bits per heavy atom. The van der Waals surface area contributed by atoms with Crippen LogP contribution in [0.3, 0.4) is 0 Å². The van der Waals surface area contributed by atoms with Crippen LogP contribution in [0, 0.1) is 10.1 Å². The summed E-state index contributed by atoms with van der Waals surface area (Å²) in [5.41, 5.74) is 2.03. The fourth-order valence-electron chi connectivity index (χ4n) is 2.85. The number of amides is 1. The lowest BCUT2D eigenvalue weighted by Crippen LogP contribution is -2.21. The van der Waals surface area contributed by atoms with Crippen LogP contribution in [0.1, 0.15) is 25.2 Å². The van der Waals surface area contributed by atoms with Gasteiger partial charge in [0.05, 0.1) is 11.0 Å². The molecular weight excluding hydrogens is 436 g/mol. The van der Waals surface area contributed by atoms with E-state index in [9.17, 15) is 14.9 Å². The van der Waals surface area contributed by atoms with Gasteiger partial charge in [-0.15, -0.1) is 0 Å². The second-order valence-electron chi connectivity index (χ2n) is 6.31. The van der Waals surface area contributed by atoms with Gasteiger partial charge in [-0.3, -0.25) is 14.9 Å². The van der Waals surface area contributed by atoms with E-state index in [-0.39, 0.29) is 11.8 Å². The van der Waals surface area contributed by atoms with Crippen LogP contribution < -0.4 is 4.90 Å². The molecule has 0 radical (unpaired) electrons. The second kappa shape index (κ2) is 10.2. The Balaban J connectivity index is 1.66. The number of rotatable bonds is 8. The number of hydrogen-bond donors (Lipinski definition) is 0. The van der Waals surface area contributed by atoms with Crippen LogP contribution >= 0.6 is 24.0 Å². The minimum atomic E-state index is -0.616. The lowest BCUT2D eigenvalue weighted by Gasteiger charge is -2.20. The van der Waals surface area contributed by atoms with E-state index >= 15 is 0 Å². The minimum Gasteiger partial charge on any atom is -0.401 e. The molecule has 0 atom stereocenters. The smallest absolute Gasteiger partial charge is 0.401 e. The van der Waals surface area contributed by atoms with Crippen molar-refractivity contribution < 1.29 is 14.1 Å². The van der Waals surface area contributed by atoms with Crippen molar-refractivity contribution in [2.45, 2.75) is 13.8 Å². The van der Waals surface area contributed by atoms with Gasteiger partial charge in [0.15, 0.2) is 4.32 Å². The fourth-order valence-corrected chi connectivity index (χ4v) is 4.03. The van der Waals surface area contributed by atoms with Crippen LogP contribution in [-0.2, 0) is 4.79 Å². The molecule has 1 aliphatic rings. The zero-order chi connectivity index (χ0) is 22.4. The lowest BCUT2D eigenvalue weighted by molar-refractivity contribution is -0.402. The van der Waals surface area contributed by atoms with Gasteiger partial charge in [0, 0.05) is 25.0 Å². The third-order valence-electron chi connectivity index (χ3n) is 4.41. The van der Waals surface area contributed by atoms with Gasteiger partial charge in [-0.1, -0.05) is 23.9 Å². The van der Waals surface area contributed by atoms with E-state index in [0.29, 0.717) is 15.0 Å². The van der Waals surface area contributed by atoms with Gasteiger partial charge in [-0.05, 0) is 68.1 Å². The van der Waals surface area contributed by atoms with Crippen LogP contribution in [0.5, 0.6) is 0 Å². The normalized spacial score (nSPS) is 15.7. The van der Waals surface area contributed by atoms with Crippen molar-refractivity contribution in [2.75, 3.05) is 18.0 Å². The molecule has 3 rings (SSSR count). The summed E-state index contributed by atoms with van der Waals surface area (Å²) >= 11 is 6.45. The molecule has 160 valence electrons. The molecule has 0 spiro atoms. The molecule has 10 heteroatoms. The van der Waals surface area contributed by atoms with Gasteiger partial charge in [-0.25, -0.2) is 0 Å². The highest BCUT2D eigenvalue weighted by Gasteiger charge is 2.31. The Kier molecular flexibility index (Phi) is 7.37. The summed E-state index contributed by atoms with van der Waals surface area (Å²) in [7, 11) is 0. The van der Waals surface area contributed by atoms with Crippen molar-refractivity contribution in [3.05, 3.63) is 68.8 Å². The first-order chi connectivity index (χ1) is 14.9. The topological polar surface area (TPSA) is 92.2 Å². The van der Waals surface area contributed by atoms with Gasteiger partial charge in [0.2, 0.25) is 0 Å². The van der Waals surface area contributed by atoms with Crippen molar-refractivity contribution in [3.63, 3.8) is 0 Å². The monoisotopic (exact) mass is 456 g/mol. The van der Waals surface area contributed by atoms with Crippen LogP contribution in [0.15, 0.2) is 56.9 Å². The van der Waals surface area contributed by atoms with Crippen molar-refractivity contribution in [2.24, 2.45) is 5.10 Å². The highest BCUT2D eigenvalue weighted by atomic mass is 32.2. The number of nitro groups is 1. The molecule has 2 aromatic rings. The predicted molar refractivity (Wildman–Crippen MR) is 128 cm³/mol. The molecule has 0 saturated carbocycles. The van der Waals surface area contributed by atoms with E-state index < -0.39 is 4.92 Å². The predicted octanol–water partition coefficient (Wildman–Crippen LogP) is 4.93. The summed E-state index contributed by atoms with van der Waals surface area (Å²) in [4.78, 5) is 25.4. The number of anilines is 1. The van der Waals surface area contributed by atoms with Crippen molar-refractivity contribution >= 4 is 64.1 Å². The second-order valence-corrected chi connectivity index (χ2v) is 7.99. The van der Waals surface area contributed by atoms with Crippen molar-refractivity contribution in [1.82, 2.24) is 5.01 Å². The molecule has 2 heterocycles. The first-order valence-electron chi connectivity index (χ1n) is 9.50. The van der Waals surface area contributed by atoms with Crippen LogP contribution in [0.2, 0.25) is 0 Å². The summed E-state index contributed by atoms with van der Waals surface area (Å²) in [5.74, 6) is -0.346. The van der Waals surface area contributed by atoms with Crippen LogP contribution in [0.4, 0.5) is 11.6 Å². The highest BCUT2D eigenvalue weighted by Crippen LogP contribution is 2.33. The molecule has 1 amide bonds. The summed E-state index contributed by atoms with van der Waals surface area (Å²) in [6, 6.07) is 10.7. The van der Waals surface area contributed by atoms with Crippen molar-refractivity contribution in [1.29, 1.82) is 0 Å². The maximum absolute atomic E-state index is 12.6. The molecule has 1 fully saturated rings. The highest BCUT2D eigenvalue weighted by molar-refractivity contribution is 8.26. The number of hydrogen-bond acceptors (Lipinski definition) is 8. The quantitative estimate of drug-likeness (QED) is 0.183. The molecule has 0 bridgehead atoms.